The highest BCUT2D eigenvalue weighted by Gasteiger charge is 2.46. The minimum atomic E-state index is -0.801. The predicted octanol–water partition coefficient (Wildman–Crippen LogP) is 4.09. The van der Waals surface area contributed by atoms with Crippen molar-refractivity contribution < 1.29 is 28.9 Å². The number of nitrogens with zero attached hydrogens (tertiary/aromatic N) is 2. The molecule has 1 amide bonds. The molecule has 8 nitrogen and oxygen atoms in total. The average Bonchev–Trinajstić information content (AvgIpc) is 3.09. The van der Waals surface area contributed by atoms with Crippen LogP contribution in [0.4, 0.5) is 0 Å². The molecule has 1 unspecified atom stereocenters. The maximum Gasteiger partial charge on any atom is 0.295 e. The Kier molecular flexibility index (Phi) is 8.63. The first-order valence-corrected chi connectivity index (χ1v) is 12.0. The van der Waals surface area contributed by atoms with Crippen LogP contribution in [0.25, 0.3) is 5.76 Å². The van der Waals surface area contributed by atoms with Gasteiger partial charge in [0.1, 0.15) is 11.5 Å². The number of ketones is 1. The Morgan fingerprint density at radius 3 is 2.39 bits per heavy atom. The van der Waals surface area contributed by atoms with E-state index in [4.69, 9.17) is 14.2 Å². The number of likely N-dealkylation sites (tertiary alicyclic amines) is 1. The number of benzene rings is 2. The van der Waals surface area contributed by atoms with Gasteiger partial charge < -0.3 is 29.1 Å². The molecule has 194 valence electrons. The Labute approximate surface area is 213 Å². The molecular weight excluding hydrogens is 460 g/mol. The Hall–Kier alpha value is -3.52. The molecule has 3 rings (SSSR count). The molecule has 0 aliphatic carbocycles. The molecule has 1 fully saturated rings. The number of Topliss-reactive ketones (excluding diaryl/α,β-unsaturated/α-hetero) is 1. The van der Waals surface area contributed by atoms with Crippen molar-refractivity contribution in [3.63, 3.8) is 0 Å². The molecule has 1 aliphatic rings. The van der Waals surface area contributed by atoms with Crippen molar-refractivity contribution in [2.24, 2.45) is 0 Å². The summed E-state index contributed by atoms with van der Waals surface area (Å²) in [6.45, 7) is 7.11. The molecule has 2 aromatic rings. The van der Waals surface area contributed by atoms with Crippen molar-refractivity contribution in [2.45, 2.75) is 33.2 Å². The van der Waals surface area contributed by atoms with Gasteiger partial charge in [-0.25, -0.2) is 0 Å². The minimum absolute atomic E-state index is 0.0219. The highest BCUT2D eigenvalue weighted by atomic mass is 16.5. The molecule has 1 aliphatic heterocycles. The average molecular weight is 497 g/mol. The molecule has 0 spiro atoms. The Balaban J connectivity index is 2.26. The van der Waals surface area contributed by atoms with E-state index in [-0.39, 0.29) is 11.3 Å². The monoisotopic (exact) mass is 496 g/mol. The van der Waals surface area contributed by atoms with E-state index in [1.165, 1.54) is 12.0 Å². The standard InChI is InChI=1S/C28H36N2O6/c1-8-13-36-22-16-19(9-10-21(22)34-6)24-23(26(32)28(33)30(24)12-11-29(4)5)25(31)20-15-17(2)14-18(3)27(20)35-7/h9-10,14-16,24,31H,8,11-13H2,1-7H3/b25-23+. The van der Waals surface area contributed by atoms with Crippen molar-refractivity contribution in [1.82, 2.24) is 9.80 Å². The number of aliphatic hydroxyl groups excluding tert-OH is 1. The lowest BCUT2D eigenvalue weighted by Gasteiger charge is -2.27. The smallest absolute Gasteiger partial charge is 0.295 e. The first-order valence-electron chi connectivity index (χ1n) is 12.0. The summed E-state index contributed by atoms with van der Waals surface area (Å²) in [7, 11) is 6.87. The number of aryl methyl sites for hydroxylation is 2. The molecule has 1 atom stereocenters. The van der Waals surface area contributed by atoms with Crippen LogP contribution in [0.1, 0.15) is 41.6 Å². The summed E-state index contributed by atoms with van der Waals surface area (Å²) in [6.07, 6.45) is 0.807. The predicted molar refractivity (Wildman–Crippen MR) is 139 cm³/mol. The number of hydrogen-bond donors (Lipinski definition) is 1. The third-order valence-corrected chi connectivity index (χ3v) is 6.17. The molecule has 0 radical (unpaired) electrons. The maximum absolute atomic E-state index is 13.4. The van der Waals surface area contributed by atoms with Crippen LogP contribution in [0.5, 0.6) is 17.2 Å². The van der Waals surface area contributed by atoms with Gasteiger partial charge in [-0.15, -0.1) is 0 Å². The molecule has 1 saturated heterocycles. The van der Waals surface area contributed by atoms with E-state index < -0.39 is 17.7 Å². The zero-order valence-electron chi connectivity index (χ0n) is 22.2. The molecule has 1 heterocycles. The second-order valence-electron chi connectivity index (χ2n) is 9.22. The van der Waals surface area contributed by atoms with Crippen LogP contribution < -0.4 is 14.2 Å². The molecule has 8 heteroatoms. The van der Waals surface area contributed by atoms with Crippen LogP contribution in [0.15, 0.2) is 35.9 Å². The lowest BCUT2D eigenvalue weighted by Crippen LogP contribution is -2.35. The molecule has 0 aromatic heterocycles. The number of amides is 1. The zero-order valence-corrected chi connectivity index (χ0v) is 22.2. The fraction of sp³-hybridized carbons (Fsp3) is 0.429. The third-order valence-electron chi connectivity index (χ3n) is 6.17. The Morgan fingerprint density at radius 2 is 1.78 bits per heavy atom. The van der Waals surface area contributed by atoms with Crippen LogP contribution in [0, 0.1) is 13.8 Å². The van der Waals surface area contributed by atoms with Crippen LogP contribution >= 0.6 is 0 Å². The van der Waals surface area contributed by atoms with Crippen molar-refractivity contribution in [3.05, 3.63) is 58.2 Å². The largest absolute Gasteiger partial charge is 0.507 e. The van der Waals surface area contributed by atoms with Crippen molar-refractivity contribution in [2.75, 3.05) is 48.0 Å². The summed E-state index contributed by atoms with van der Waals surface area (Å²) >= 11 is 0. The first kappa shape index (κ1) is 27.1. The lowest BCUT2D eigenvalue weighted by atomic mass is 9.93. The van der Waals surface area contributed by atoms with E-state index in [1.54, 1.807) is 31.4 Å². The second-order valence-corrected chi connectivity index (χ2v) is 9.22. The van der Waals surface area contributed by atoms with E-state index in [1.807, 2.05) is 45.8 Å². The van der Waals surface area contributed by atoms with Gasteiger partial charge in [-0.2, -0.15) is 0 Å². The van der Waals surface area contributed by atoms with Gasteiger partial charge in [-0.05, 0) is 69.3 Å². The number of ether oxygens (including phenoxy) is 3. The molecular formula is C28H36N2O6. The summed E-state index contributed by atoms with van der Waals surface area (Å²) in [5.74, 6) is -0.130. The van der Waals surface area contributed by atoms with Gasteiger partial charge in [0.05, 0.1) is 38.0 Å². The maximum atomic E-state index is 13.4. The molecule has 0 saturated carbocycles. The quantitative estimate of drug-likeness (QED) is 0.301. The number of methoxy groups -OCH3 is 2. The summed E-state index contributed by atoms with van der Waals surface area (Å²) in [6, 6.07) is 8.22. The van der Waals surface area contributed by atoms with E-state index in [0.29, 0.717) is 48.1 Å². The normalized spacial score (nSPS) is 17.1. The van der Waals surface area contributed by atoms with E-state index >= 15 is 0 Å². The lowest BCUT2D eigenvalue weighted by molar-refractivity contribution is -0.140. The summed E-state index contributed by atoms with van der Waals surface area (Å²) in [5, 5.41) is 11.5. The zero-order chi connectivity index (χ0) is 26.6. The van der Waals surface area contributed by atoms with Gasteiger partial charge in [0, 0.05) is 13.1 Å². The van der Waals surface area contributed by atoms with Gasteiger partial charge in [0.15, 0.2) is 11.5 Å². The van der Waals surface area contributed by atoms with E-state index in [2.05, 4.69) is 0 Å². The molecule has 36 heavy (non-hydrogen) atoms. The highest BCUT2D eigenvalue weighted by Crippen LogP contribution is 2.43. The van der Waals surface area contributed by atoms with Gasteiger partial charge in [-0.3, -0.25) is 9.59 Å². The third kappa shape index (κ3) is 5.33. The fourth-order valence-electron chi connectivity index (χ4n) is 4.50. The van der Waals surface area contributed by atoms with Crippen LogP contribution in [0.2, 0.25) is 0 Å². The molecule has 0 bridgehead atoms. The number of rotatable bonds is 10. The van der Waals surface area contributed by atoms with Crippen LogP contribution in [-0.2, 0) is 9.59 Å². The SMILES string of the molecule is CCCOc1cc(C2/C(=C(\O)c3cc(C)cc(C)c3OC)C(=O)C(=O)N2CCN(C)C)ccc1OC. The summed E-state index contributed by atoms with van der Waals surface area (Å²) in [4.78, 5) is 30.1. The Morgan fingerprint density at radius 1 is 1.06 bits per heavy atom. The van der Waals surface area contributed by atoms with Crippen molar-refractivity contribution >= 4 is 17.4 Å². The number of hydrogen-bond acceptors (Lipinski definition) is 7. The minimum Gasteiger partial charge on any atom is -0.507 e. The van der Waals surface area contributed by atoms with E-state index in [9.17, 15) is 14.7 Å². The van der Waals surface area contributed by atoms with Crippen molar-refractivity contribution in [1.29, 1.82) is 0 Å². The molecule has 1 N–H and O–H groups in total. The second kappa shape index (κ2) is 11.5. The molecule has 2 aromatic carbocycles. The van der Waals surface area contributed by atoms with Gasteiger partial charge in [-0.1, -0.05) is 19.1 Å². The first-order chi connectivity index (χ1) is 17.1. The van der Waals surface area contributed by atoms with Gasteiger partial charge >= 0.3 is 0 Å². The van der Waals surface area contributed by atoms with Gasteiger partial charge in [0.25, 0.3) is 11.7 Å². The summed E-state index contributed by atoms with van der Waals surface area (Å²) < 4.78 is 16.9. The van der Waals surface area contributed by atoms with Crippen molar-refractivity contribution in [3.8, 4) is 17.2 Å². The van der Waals surface area contributed by atoms with Gasteiger partial charge in [0.2, 0.25) is 0 Å². The highest BCUT2D eigenvalue weighted by molar-refractivity contribution is 6.46. The van der Waals surface area contributed by atoms with Crippen LogP contribution in [-0.4, -0.2) is 74.6 Å². The van der Waals surface area contributed by atoms with E-state index in [0.717, 1.165) is 17.5 Å². The number of aliphatic hydroxyl groups is 1. The fourth-order valence-corrected chi connectivity index (χ4v) is 4.50. The Bertz CT molecular complexity index is 1170. The van der Waals surface area contributed by atoms with Crippen LogP contribution in [0.3, 0.4) is 0 Å². The summed E-state index contributed by atoms with van der Waals surface area (Å²) in [5.41, 5.74) is 2.75. The number of carbonyl (C=O) groups excluding carboxylic acids is 2. The topological polar surface area (TPSA) is 88.5 Å². The number of carbonyl (C=O) groups is 2. The number of likely N-dealkylation sites (N-methyl/N-ethyl adjacent to an activating group) is 1.